The molecule has 0 fully saturated rings. The number of nitrogens with zero attached hydrogens (tertiary/aromatic N) is 2. The van der Waals surface area contributed by atoms with Crippen LogP contribution in [0.4, 0.5) is 4.39 Å². The molecule has 6 nitrogen and oxygen atoms in total. The minimum absolute atomic E-state index is 0.0691. The monoisotopic (exact) mass is 360 g/mol. The van der Waals surface area contributed by atoms with Crippen molar-refractivity contribution < 1.29 is 13.6 Å². The molecule has 26 heavy (non-hydrogen) atoms. The highest BCUT2D eigenvalue weighted by Gasteiger charge is 2.05. The van der Waals surface area contributed by atoms with Gasteiger partial charge in [0, 0.05) is 33.6 Å². The molecule has 2 N–H and O–H groups in total. The van der Waals surface area contributed by atoms with Gasteiger partial charge in [-0.3, -0.25) is 4.79 Å². The van der Waals surface area contributed by atoms with Gasteiger partial charge in [-0.25, -0.2) is 9.38 Å². The molecule has 0 atom stereocenters. The van der Waals surface area contributed by atoms with E-state index in [4.69, 9.17) is 4.42 Å². The summed E-state index contributed by atoms with van der Waals surface area (Å²) in [7, 11) is 3.40. The molecule has 0 aliphatic heterocycles. The third-order valence-corrected chi connectivity index (χ3v) is 3.73. The van der Waals surface area contributed by atoms with E-state index in [9.17, 15) is 9.18 Å². The van der Waals surface area contributed by atoms with Crippen molar-refractivity contribution in [3.63, 3.8) is 0 Å². The fraction of sp³-hybridized carbons (Fsp3) is 0.368. The maximum absolute atomic E-state index is 12.9. The molecule has 2 rings (SSSR count). The quantitative estimate of drug-likeness (QED) is 0.557. The van der Waals surface area contributed by atoms with E-state index in [-0.39, 0.29) is 18.3 Å². The number of amides is 1. The molecule has 0 saturated heterocycles. The van der Waals surface area contributed by atoms with Crippen LogP contribution in [0.5, 0.6) is 0 Å². The summed E-state index contributed by atoms with van der Waals surface area (Å²) in [6, 6.07) is 10.2. The molecule has 1 heterocycles. The van der Waals surface area contributed by atoms with Gasteiger partial charge in [-0.15, -0.1) is 0 Å². The minimum Gasteiger partial charge on any atom is -0.469 e. The molecular formula is C19H25FN4O2. The van der Waals surface area contributed by atoms with Gasteiger partial charge in [0.2, 0.25) is 5.91 Å². The zero-order valence-electron chi connectivity index (χ0n) is 15.2. The second-order valence-corrected chi connectivity index (χ2v) is 6.01. The first-order valence-electron chi connectivity index (χ1n) is 8.54. The predicted molar refractivity (Wildman–Crippen MR) is 99.5 cm³/mol. The number of guanidine groups is 1. The van der Waals surface area contributed by atoms with Crippen LogP contribution in [-0.2, 0) is 17.6 Å². The Morgan fingerprint density at radius 2 is 1.81 bits per heavy atom. The smallest absolute Gasteiger partial charge is 0.243 e. The van der Waals surface area contributed by atoms with E-state index < -0.39 is 0 Å². The van der Waals surface area contributed by atoms with Crippen LogP contribution in [0.3, 0.4) is 0 Å². The van der Waals surface area contributed by atoms with Gasteiger partial charge in [0.15, 0.2) is 5.96 Å². The van der Waals surface area contributed by atoms with Crippen molar-refractivity contribution in [2.24, 2.45) is 4.99 Å². The Kier molecular flexibility index (Phi) is 7.67. The zero-order valence-corrected chi connectivity index (χ0v) is 15.2. The summed E-state index contributed by atoms with van der Waals surface area (Å²) < 4.78 is 18.2. The number of benzene rings is 1. The van der Waals surface area contributed by atoms with Crippen LogP contribution < -0.4 is 10.6 Å². The van der Waals surface area contributed by atoms with E-state index >= 15 is 0 Å². The first kappa shape index (κ1) is 19.5. The van der Waals surface area contributed by atoms with Crippen molar-refractivity contribution in [3.8, 4) is 0 Å². The fourth-order valence-electron chi connectivity index (χ4n) is 2.20. The van der Waals surface area contributed by atoms with Crippen molar-refractivity contribution in [1.29, 1.82) is 0 Å². The van der Waals surface area contributed by atoms with Crippen molar-refractivity contribution in [2.75, 3.05) is 33.7 Å². The van der Waals surface area contributed by atoms with Crippen LogP contribution in [0.15, 0.2) is 52.1 Å². The Labute approximate surface area is 153 Å². The summed E-state index contributed by atoms with van der Waals surface area (Å²) in [5.41, 5.74) is 1.03. The van der Waals surface area contributed by atoms with Crippen molar-refractivity contribution >= 4 is 11.9 Å². The Hall–Kier alpha value is -2.83. The SMILES string of the molecule is CN(C)C(=O)CN=C(NCCc1ccc(F)cc1)NCCc1ccco1. The number of aliphatic imine (C=N–C) groups is 1. The van der Waals surface area contributed by atoms with E-state index in [1.165, 1.54) is 17.0 Å². The normalized spacial score (nSPS) is 11.3. The molecule has 1 aromatic heterocycles. The average molecular weight is 360 g/mol. The van der Waals surface area contributed by atoms with Gasteiger partial charge in [0.05, 0.1) is 6.26 Å². The molecule has 0 aliphatic rings. The van der Waals surface area contributed by atoms with E-state index in [1.807, 2.05) is 12.1 Å². The van der Waals surface area contributed by atoms with E-state index in [0.29, 0.717) is 25.5 Å². The molecule has 0 aliphatic carbocycles. The summed E-state index contributed by atoms with van der Waals surface area (Å²) >= 11 is 0. The number of halogens is 1. The molecule has 1 amide bonds. The predicted octanol–water partition coefficient (Wildman–Crippen LogP) is 1.83. The Bertz CT molecular complexity index is 697. The van der Waals surface area contributed by atoms with Crippen molar-refractivity contribution in [3.05, 3.63) is 59.8 Å². The lowest BCUT2D eigenvalue weighted by molar-refractivity contribution is -0.127. The summed E-state index contributed by atoms with van der Waals surface area (Å²) in [5.74, 6) is 1.13. The zero-order chi connectivity index (χ0) is 18.8. The van der Waals surface area contributed by atoms with Gasteiger partial charge in [0.1, 0.15) is 18.1 Å². The number of hydrogen-bond acceptors (Lipinski definition) is 3. The molecule has 0 unspecified atom stereocenters. The van der Waals surface area contributed by atoms with Crippen LogP contribution in [-0.4, -0.2) is 50.5 Å². The number of likely N-dealkylation sites (N-methyl/N-ethyl adjacent to an activating group) is 1. The highest BCUT2D eigenvalue weighted by Crippen LogP contribution is 2.03. The Morgan fingerprint density at radius 1 is 1.12 bits per heavy atom. The van der Waals surface area contributed by atoms with Gasteiger partial charge in [0.25, 0.3) is 0 Å². The standard InChI is InChI=1S/C19H25FN4O2/c1-24(2)18(25)14-23-19(22-12-10-17-4-3-13-26-17)21-11-9-15-5-7-16(20)8-6-15/h3-8,13H,9-12,14H2,1-2H3,(H2,21,22,23). The van der Waals surface area contributed by atoms with Crippen LogP contribution in [0.2, 0.25) is 0 Å². The van der Waals surface area contributed by atoms with Gasteiger partial charge >= 0.3 is 0 Å². The van der Waals surface area contributed by atoms with Gasteiger partial charge in [-0.05, 0) is 36.2 Å². The van der Waals surface area contributed by atoms with E-state index in [0.717, 1.165) is 17.7 Å². The Balaban J connectivity index is 1.85. The Morgan fingerprint density at radius 3 is 2.42 bits per heavy atom. The van der Waals surface area contributed by atoms with E-state index in [1.54, 1.807) is 32.5 Å². The fourth-order valence-corrected chi connectivity index (χ4v) is 2.20. The number of carbonyl (C=O) groups is 1. The molecule has 0 spiro atoms. The average Bonchev–Trinajstić information content (AvgIpc) is 3.14. The van der Waals surface area contributed by atoms with Gasteiger partial charge in [-0.2, -0.15) is 0 Å². The highest BCUT2D eigenvalue weighted by molar-refractivity contribution is 5.84. The molecule has 1 aromatic carbocycles. The topological polar surface area (TPSA) is 69.9 Å². The lowest BCUT2D eigenvalue weighted by atomic mass is 10.1. The van der Waals surface area contributed by atoms with Crippen molar-refractivity contribution in [1.82, 2.24) is 15.5 Å². The summed E-state index contributed by atoms with van der Waals surface area (Å²) in [5, 5.41) is 6.40. The second kappa shape index (κ2) is 10.2. The largest absolute Gasteiger partial charge is 0.469 e. The second-order valence-electron chi connectivity index (χ2n) is 6.01. The lowest BCUT2D eigenvalue weighted by Gasteiger charge is -2.13. The molecular weight excluding hydrogens is 335 g/mol. The van der Waals surface area contributed by atoms with Gasteiger partial charge in [-0.1, -0.05) is 12.1 Å². The van der Waals surface area contributed by atoms with E-state index in [2.05, 4.69) is 15.6 Å². The van der Waals surface area contributed by atoms with Crippen LogP contribution >= 0.6 is 0 Å². The number of carbonyl (C=O) groups excluding carboxylic acids is 1. The molecule has 2 aromatic rings. The van der Waals surface area contributed by atoms with Crippen LogP contribution in [0.1, 0.15) is 11.3 Å². The first-order valence-corrected chi connectivity index (χ1v) is 8.54. The number of nitrogens with one attached hydrogen (secondary N) is 2. The number of hydrogen-bond donors (Lipinski definition) is 2. The third kappa shape index (κ3) is 6.96. The van der Waals surface area contributed by atoms with Gasteiger partial charge < -0.3 is 20.0 Å². The molecule has 0 saturated carbocycles. The number of furan rings is 1. The molecule has 0 radical (unpaired) electrons. The highest BCUT2D eigenvalue weighted by atomic mass is 19.1. The van der Waals surface area contributed by atoms with Crippen LogP contribution in [0.25, 0.3) is 0 Å². The minimum atomic E-state index is -0.245. The summed E-state index contributed by atoms with van der Waals surface area (Å²) in [6.07, 6.45) is 3.08. The summed E-state index contributed by atoms with van der Waals surface area (Å²) in [4.78, 5) is 17.6. The van der Waals surface area contributed by atoms with Crippen LogP contribution in [0, 0.1) is 5.82 Å². The molecule has 7 heteroatoms. The third-order valence-electron chi connectivity index (χ3n) is 3.73. The maximum atomic E-state index is 12.9. The first-order chi connectivity index (χ1) is 12.5. The lowest BCUT2D eigenvalue weighted by Crippen LogP contribution is -2.40. The number of rotatable bonds is 8. The summed E-state index contributed by atoms with van der Waals surface area (Å²) in [6.45, 7) is 1.32. The molecule has 140 valence electrons. The molecule has 0 bridgehead atoms. The maximum Gasteiger partial charge on any atom is 0.243 e. The van der Waals surface area contributed by atoms with Crippen molar-refractivity contribution in [2.45, 2.75) is 12.8 Å².